The van der Waals surface area contributed by atoms with Gasteiger partial charge in [-0.15, -0.1) is 0 Å². The molecule has 0 aliphatic rings. The Balaban J connectivity index is 1.57. The van der Waals surface area contributed by atoms with E-state index in [1.54, 1.807) is 11.8 Å². The molecule has 30 heavy (non-hydrogen) atoms. The number of para-hydroxylation sites is 1. The number of H-pyrrole nitrogens is 1. The molecule has 0 bridgehead atoms. The normalized spacial score (nSPS) is 11.0. The molecule has 4 aromatic rings. The molecule has 1 aromatic heterocycles. The predicted octanol–water partition coefficient (Wildman–Crippen LogP) is 4.57. The SMILES string of the molecule is CCOC(=O)CN(CCc1c[nH]c2ccccc12)C(=O)c1ccc2ccccc2c1. The molecule has 0 atom stereocenters. The first-order chi connectivity index (χ1) is 14.7. The molecule has 0 saturated heterocycles. The van der Waals surface area contributed by atoms with Gasteiger partial charge in [0.1, 0.15) is 6.54 Å². The number of aromatic nitrogens is 1. The summed E-state index contributed by atoms with van der Waals surface area (Å²) in [5, 5.41) is 3.20. The monoisotopic (exact) mass is 400 g/mol. The topological polar surface area (TPSA) is 62.4 Å². The molecule has 0 spiro atoms. The third-order valence-corrected chi connectivity index (χ3v) is 5.23. The van der Waals surface area contributed by atoms with Crippen molar-refractivity contribution in [1.29, 1.82) is 0 Å². The Morgan fingerprint density at radius 1 is 0.967 bits per heavy atom. The van der Waals surface area contributed by atoms with E-state index in [0.29, 0.717) is 25.1 Å². The first kappa shape index (κ1) is 19.7. The van der Waals surface area contributed by atoms with Gasteiger partial charge in [-0.3, -0.25) is 9.59 Å². The third-order valence-electron chi connectivity index (χ3n) is 5.23. The van der Waals surface area contributed by atoms with E-state index < -0.39 is 5.97 Å². The minimum atomic E-state index is -0.398. The minimum Gasteiger partial charge on any atom is -0.465 e. The summed E-state index contributed by atoms with van der Waals surface area (Å²) in [6.07, 6.45) is 2.61. The molecular weight excluding hydrogens is 376 g/mol. The number of fused-ring (bicyclic) bond motifs is 2. The lowest BCUT2D eigenvalue weighted by Gasteiger charge is -2.22. The van der Waals surface area contributed by atoms with Crippen molar-refractivity contribution >= 4 is 33.6 Å². The predicted molar refractivity (Wildman–Crippen MR) is 118 cm³/mol. The van der Waals surface area contributed by atoms with Crippen molar-refractivity contribution in [2.45, 2.75) is 13.3 Å². The smallest absolute Gasteiger partial charge is 0.325 e. The molecule has 0 unspecified atom stereocenters. The standard InChI is InChI=1S/C25H24N2O3/c1-2-30-24(28)17-27(14-13-21-16-26-23-10-6-5-9-22(21)23)25(29)20-12-11-18-7-3-4-8-19(18)15-20/h3-12,15-16,26H,2,13-14,17H2,1H3. The summed E-state index contributed by atoms with van der Waals surface area (Å²) in [5.41, 5.74) is 2.74. The van der Waals surface area contributed by atoms with E-state index in [1.807, 2.05) is 66.9 Å². The largest absolute Gasteiger partial charge is 0.465 e. The van der Waals surface area contributed by atoms with Crippen LogP contribution in [0.4, 0.5) is 0 Å². The van der Waals surface area contributed by atoms with E-state index in [2.05, 4.69) is 11.1 Å². The van der Waals surface area contributed by atoms with Crippen LogP contribution >= 0.6 is 0 Å². The molecule has 0 saturated carbocycles. The summed E-state index contributed by atoms with van der Waals surface area (Å²) in [6, 6.07) is 21.6. The van der Waals surface area contributed by atoms with Gasteiger partial charge in [0, 0.05) is 29.2 Å². The lowest BCUT2D eigenvalue weighted by atomic mass is 10.1. The lowest BCUT2D eigenvalue weighted by molar-refractivity contribution is -0.143. The van der Waals surface area contributed by atoms with Crippen LogP contribution in [0.2, 0.25) is 0 Å². The van der Waals surface area contributed by atoms with Crippen LogP contribution in [0.5, 0.6) is 0 Å². The van der Waals surface area contributed by atoms with Gasteiger partial charge in [-0.25, -0.2) is 0 Å². The fourth-order valence-corrected chi connectivity index (χ4v) is 3.71. The van der Waals surface area contributed by atoms with Crippen molar-refractivity contribution in [1.82, 2.24) is 9.88 Å². The molecule has 4 rings (SSSR count). The second kappa shape index (κ2) is 8.82. The van der Waals surface area contributed by atoms with Crippen molar-refractivity contribution < 1.29 is 14.3 Å². The zero-order valence-electron chi connectivity index (χ0n) is 16.9. The van der Waals surface area contributed by atoms with Crippen LogP contribution in [0.1, 0.15) is 22.8 Å². The summed E-state index contributed by atoms with van der Waals surface area (Å²) in [6.45, 7) is 2.41. The van der Waals surface area contributed by atoms with Gasteiger partial charge < -0.3 is 14.6 Å². The molecule has 3 aromatic carbocycles. The summed E-state index contributed by atoms with van der Waals surface area (Å²) in [7, 11) is 0. The summed E-state index contributed by atoms with van der Waals surface area (Å²) >= 11 is 0. The molecule has 5 nitrogen and oxygen atoms in total. The Morgan fingerprint density at radius 2 is 1.73 bits per heavy atom. The Labute approximate surface area is 175 Å². The average molecular weight is 400 g/mol. The summed E-state index contributed by atoms with van der Waals surface area (Å²) in [5.74, 6) is -0.570. The van der Waals surface area contributed by atoms with E-state index in [-0.39, 0.29) is 12.5 Å². The Kier molecular flexibility index (Phi) is 5.80. The number of carbonyl (C=O) groups excluding carboxylic acids is 2. The second-order valence-electron chi connectivity index (χ2n) is 7.20. The van der Waals surface area contributed by atoms with Crippen molar-refractivity contribution in [2.24, 2.45) is 0 Å². The van der Waals surface area contributed by atoms with Crippen LogP contribution < -0.4 is 0 Å². The van der Waals surface area contributed by atoms with Gasteiger partial charge in [-0.2, -0.15) is 0 Å². The number of carbonyl (C=O) groups is 2. The third kappa shape index (κ3) is 4.20. The van der Waals surface area contributed by atoms with Crippen molar-refractivity contribution in [3.05, 3.63) is 84.1 Å². The molecule has 1 N–H and O–H groups in total. The highest BCUT2D eigenvalue weighted by Crippen LogP contribution is 2.20. The summed E-state index contributed by atoms with van der Waals surface area (Å²) in [4.78, 5) is 30.2. The molecule has 1 heterocycles. The maximum atomic E-state index is 13.3. The number of aromatic amines is 1. The van der Waals surface area contributed by atoms with Gasteiger partial charge in [0.25, 0.3) is 5.91 Å². The van der Waals surface area contributed by atoms with Crippen molar-refractivity contribution in [2.75, 3.05) is 19.7 Å². The van der Waals surface area contributed by atoms with Gasteiger partial charge in [-0.1, -0.05) is 48.5 Å². The average Bonchev–Trinajstić information content (AvgIpc) is 3.19. The molecule has 0 aliphatic heterocycles. The van der Waals surface area contributed by atoms with Crippen LogP contribution in [-0.4, -0.2) is 41.5 Å². The minimum absolute atomic E-state index is 0.0676. The van der Waals surface area contributed by atoms with E-state index in [9.17, 15) is 9.59 Å². The number of esters is 1. The van der Waals surface area contributed by atoms with Gasteiger partial charge in [0.2, 0.25) is 0 Å². The van der Waals surface area contributed by atoms with Gasteiger partial charge >= 0.3 is 5.97 Å². The zero-order chi connectivity index (χ0) is 20.9. The molecule has 0 radical (unpaired) electrons. The van der Waals surface area contributed by atoms with Gasteiger partial charge in [0.15, 0.2) is 0 Å². The number of nitrogens with zero attached hydrogens (tertiary/aromatic N) is 1. The molecule has 0 aliphatic carbocycles. The van der Waals surface area contributed by atoms with E-state index in [0.717, 1.165) is 27.2 Å². The van der Waals surface area contributed by atoms with Crippen LogP contribution in [0, 0.1) is 0 Å². The first-order valence-corrected chi connectivity index (χ1v) is 10.1. The molecule has 1 amide bonds. The van der Waals surface area contributed by atoms with Crippen LogP contribution in [-0.2, 0) is 16.0 Å². The molecule has 152 valence electrons. The van der Waals surface area contributed by atoms with E-state index >= 15 is 0 Å². The number of benzene rings is 3. The van der Waals surface area contributed by atoms with Crippen LogP contribution in [0.25, 0.3) is 21.7 Å². The number of rotatable bonds is 7. The van der Waals surface area contributed by atoms with Gasteiger partial charge in [0.05, 0.1) is 6.61 Å². The highest BCUT2D eigenvalue weighted by molar-refractivity contribution is 5.99. The highest BCUT2D eigenvalue weighted by atomic mass is 16.5. The Bertz CT molecular complexity index is 1200. The van der Waals surface area contributed by atoms with Crippen LogP contribution in [0.3, 0.4) is 0 Å². The Hall–Kier alpha value is -3.60. The lowest BCUT2D eigenvalue weighted by Crippen LogP contribution is -2.38. The highest BCUT2D eigenvalue weighted by Gasteiger charge is 2.20. The number of hydrogen-bond donors (Lipinski definition) is 1. The number of ether oxygens (including phenoxy) is 1. The van der Waals surface area contributed by atoms with Crippen molar-refractivity contribution in [3.8, 4) is 0 Å². The molecule has 5 heteroatoms. The van der Waals surface area contributed by atoms with Crippen molar-refractivity contribution in [3.63, 3.8) is 0 Å². The second-order valence-corrected chi connectivity index (χ2v) is 7.20. The zero-order valence-corrected chi connectivity index (χ0v) is 16.9. The fraction of sp³-hybridized carbons (Fsp3) is 0.200. The summed E-state index contributed by atoms with van der Waals surface area (Å²) < 4.78 is 5.10. The fourth-order valence-electron chi connectivity index (χ4n) is 3.71. The first-order valence-electron chi connectivity index (χ1n) is 10.1. The van der Waals surface area contributed by atoms with Crippen LogP contribution in [0.15, 0.2) is 72.9 Å². The molecular formula is C25H24N2O3. The maximum absolute atomic E-state index is 13.3. The number of hydrogen-bond acceptors (Lipinski definition) is 3. The molecule has 0 fully saturated rings. The van der Waals surface area contributed by atoms with E-state index in [1.165, 1.54) is 0 Å². The number of amides is 1. The Morgan fingerprint density at radius 3 is 2.57 bits per heavy atom. The maximum Gasteiger partial charge on any atom is 0.325 e. The quantitative estimate of drug-likeness (QED) is 0.462. The van der Waals surface area contributed by atoms with E-state index in [4.69, 9.17) is 4.74 Å². The number of nitrogens with one attached hydrogen (secondary N) is 1. The van der Waals surface area contributed by atoms with Gasteiger partial charge in [-0.05, 0) is 47.9 Å².